The highest BCUT2D eigenvalue weighted by Gasteiger charge is 2.25. The van der Waals surface area contributed by atoms with Crippen LogP contribution in [0, 0.1) is 5.82 Å². The molecule has 4 rings (SSSR count). The number of aromatic nitrogens is 1. The molecule has 0 fully saturated rings. The number of hydrogen-bond donors (Lipinski definition) is 2. The number of carboxylic acids is 1. The lowest BCUT2D eigenvalue weighted by Gasteiger charge is -2.27. The van der Waals surface area contributed by atoms with Crippen molar-refractivity contribution in [2.24, 2.45) is 0 Å². The summed E-state index contributed by atoms with van der Waals surface area (Å²) in [5.41, 5.74) is 3.50. The number of nitrogens with one attached hydrogen (secondary N) is 1. The summed E-state index contributed by atoms with van der Waals surface area (Å²) in [5, 5.41) is 10.0. The zero-order chi connectivity index (χ0) is 17.6. The highest BCUT2D eigenvalue weighted by molar-refractivity contribution is 5.97. The zero-order valence-corrected chi connectivity index (χ0v) is 13.3. The summed E-state index contributed by atoms with van der Waals surface area (Å²) in [7, 11) is 0. The van der Waals surface area contributed by atoms with E-state index in [0.29, 0.717) is 25.1 Å². The molecule has 2 aromatic carbocycles. The summed E-state index contributed by atoms with van der Waals surface area (Å²) in [6.07, 6.45) is 0.666. The molecule has 6 heteroatoms. The van der Waals surface area contributed by atoms with Gasteiger partial charge in [-0.2, -0.15) is 0 Å². The fourth-order valence-electron chi connectivity index (χ4n) is 3.30. The van der Waals surface area contributed by atoms with E-state index in [9.17, 15) is 19.1 Å². The van der Waals surface area contributed by atoms with Gasteiger partial charge in [0.05, 0.1) is 5.56 Å². The van der Waals surface area contributed by atoms with Gasteiger partial charge in [0.2, 0.25) is 0 Å². The van der Waals surface area contributed by atoms with Crippen LogP contribution >= 0.6 is 0 Å². The van der Waals surface area contributed by atoms with Crippen LogP contribution in [0.25, 0.3) is 10.9 Å². The highest BCUT2D eigenvalue weighted by atomic mass is 19.1. The first-order valence-electron chi connectivity index (χ1n) is 7.94. The van der Waals surface area contributed by atoms with Crippen molar-refractivity contribution < 1.29 is 19.1 Å². The molecule has 0 saturated carbocycles. The van der Waals surface area contributed by atoms with Crippen molar-refractivity contribution in [2.75, 3.05) is 6.54 Å². The van der Waals surface area contributed by atoms with Gasteiger partial charge in [-0.15, -0.1) is 0 Å². The lowest BCUT2D eigenvalue weighted by Crippen LogP contribution is -2.35. The number of benzene rings is 2. The van der Waals surface area contributed by atoms with Gasteiger partial charge in [-0.25, -0.2) is 9.18 Å². The number of halogens is 1. The lowest BCUT2D eigenvalue weighted by molar-refractivity contribution is 0.0694. The molecular formula is C19H15FN2O3. The molecule has 1 amide bonds. The van der Waals surface area contributed by atoms with Gasteiger partial charge in [0.25, 0.3) is 5.91 Å². The fourth-order valence-corrected chi connectivity index (χ4v) is 3.30. The second-order valence-electron chi connectivity index (χ2n) is 6.13. The maximum absolute atomic E-state index is 13.0. The third-order valence-corrected chi connectivity index (χ3v) is 4.60. The van der Waals surface area contributed by atoms with Crippen molar-refractivity contribution in [3.63, 3.8) is 0 Å². The summed E-state index contributed by atoms with van der Waals surface area (Å²) in [6, 6.07) is 10.5. The largest absolute Gasteiger partial charge is 0.478 e. The first kappa shape index (κ1) is 15.4. The molecule has 0 radical (unpaired) electrons. The molecular weight excluding hydrogens is 323 g/mol. The number of nitrogens with zero attached hydrogens (tertiary/aromatic N) is 1. The monoisotopic (exact) mass is 338 g/mol. The van der Waals surface area contributed by atoms with E-state index in [-0.39, 0.29) is 17.3 Å². The molecule has 0 aliphatic carbocycles. The number of hydrogen-bond acceptors (Lipinski definition) is 2. The Morgan fingerprint density at radius 1 is 1.08 bits per heavy atom. The van der Waals surface area contributed by atoms with Gasteiger partial charge in [-0.05, 0) is 42.5 Å². The Morgan fingerprint density at radius 2 is 1.80 bits per heavy atom. The third kappa shape index (κ3) is 2.65. The highest BCUT2D eigenvalue weighted by Crippen LogP contribution is 2.29. The van der Waals surface area contributed by atoms with E-state index < -0.39 is 5.97 Å². The molecule has 0 saturated heterocycles. The predicted octanol–water partition coefficient (Wildman–Crippen LogP) is 3.20. The number of aromatic carboxylic acids is 1. The number of H-pyrrole nitrogens is 1. The first-order chi connectivity index (χ1) is 12.0. The van der Waals surface area contributed by atoms with Crippen molar-refractivity contribution in [3.05, 3.63) is 70.7 Å². The van der Waals surface area contributed by atoms with Crippen molar-refractivity contribution in [2.45, 2.75) is 13.0 Å². The van der Waals surface area contributed by atoms with E-state index in [2.05, 4.69) is 4.98 Å². The van der Waals surface area contributed by atoms with E-state index in [1.165, 1.54) is 24.3 Å². The Kier molecular flexibility index (Phi) is 3.53. The second-order valence-corrected chi connectivity index (χ2v) is 6.13. The van der Waals surface area contributed by atoms with Crippen LogP contribution in [0.4, 0.5) is 4.39 Å². The van der Waals surface area contributed by atoms with Crippen LogP contribution in [0.2, 0.25) is 0 Å². The number of carbonyl (C=O) groups is 2. The van der Waals surface area contributed by atoms with Gasteiger partial charge >= 0.3 is 5.97 Å². The fraction of sp³-hybridized carbons (Fsp3) is 0.158. The summed E-state index contributed by atoms with van der Waals surface area (Å²) in [5.74, 6) is -1.52. The average molecular weight is 338 g/mol. The SMILES string of the molecule is O=C(O)c1ccc2[nH]c3c(c2c1)CN(C(=O)c1ccc(F)cc1)CC3. The number of rotatable bonds is 2. The normalized spacial score (nSPS) is 13.7. The van der Waals surface area contributed by atoms with Gasteiger partial charge in [0, 0.05) is 47.2 Å². The Morgan fingerprint density at radius 3 is 2.52 bits per heavy atom. The molecule has 3 aromatic rings. The van der Waals surface area contributed by atoms with E-state index in [1.54, 1.807) is 23.1 Å². The topological polar surface area (TPSA) is 73.4 Å². The standard InChI is InChI=1S/C19H15FN2O3/c20-13-4-1-11(2-5-13)18(23)22-8-7-17-15(10-22)14-9-12(19(24)25)3-6-16(14)21-17/h1-6,9,21H,7-8,10H2,(H,24,25). The number of aromatic amines is 1. The van der Waals surface area contributed by atoms with E-state index in [0.717, 1.165) is 22.2 Å². The van der Waals surface area contributed by atoms with Crippen LogP contribution in [0.5, 0.6) is 0 Å². The smallest absolute Gasteiger partial charge is 0.335 e. The maximum atomic E-state index is 13.0. The number of fused-ring (bicyclic) bond motifs is 3. The number of carbonyl (C=O) groups excluding carboxylic acids is 1. The van der Waals surface area contributed by atoms with Crippen LogP contribution < -0.4 is 0 Å². The quantitative estimate of drug-likeness (QED) is 0.753. The Balaban J connectivity index is 1.68. The van der Waals surface area contributed by atoms with Gasteiger partial charge in [0.1, 0.15) is 5.82 Å². The number of amides is 1. The Hall–Kier alpha value is -3.15. The third-order valence-electron chi connectivity index (χ3n) is 4.60. The predicted molar refractivity (Wildman–Crippen MR) is 90.1 cm³/mol. The Bertz CT molecular complexity index is 992. The van der Waals surface area contributed by atoms with Crippen molar-refractivity contribution in [1.29, 1.82) is 0 Å². The van der Waals surface area contributed by atoms with E-state index in [4.69, 9.17) is 0 Å². The average Bonchev–Trinajstić information content (AvgIpc) is 2.98. The van der Waals surface area contributed by atoms with Crippen LogP contribution in [-0.2, 0) is 13.0 Å². The minimum absolute atomic E-state index is 0.158. The minimum atomic E-state index is -0.980. The molecule has 0 spiro atoms. The lowest BCUT2D eigenvalue weighted by atomic mass is 10.0. The van der Waals surface area contributed by atoms with Gasteiger partial charge in [-0.3, -0.25) is 4.79 Å². The molecule has 126 valence electrons. The van der Waals surface area contributed by atoms with Crippen LogP contribution in [-0.4, -0.2) is 33.4 Å². The van der Waals surface area contributed by atoms with Gasteiger partial charge in [0.15, 0.2) is 0 Å². The van der Waals surface area contributed by atoms with E-state index >= 15 is 0 Å². The molecule has 1 aromatic heterocycles. The van der Waals surface area contributed by atoms with Crippen LogP contribution in [0.3, 0.4) is 0 Å². The van der Waals surface area contributed by atoms with Gasteiger partial charge in [-0.1, -0.05) is 0 Å². The summed E-state index contributed by atoms with van der Waals surface area (Å²) in [4.78, 5) is 28.9. The molecule has 0 unspecified atom stereocenters. The van der Waals surface area contributed by atoms with Crippen LogP contribution in [0.15, 0.2) is 42.5 Å². The molecule has 0 bridgehead atoms. The minimum Gasteiger partial charge on any atom is -0.478 e. The summed E-state index contributed by atoms with van der Waals surface area (Å²) < 4.78 is 13.0. The molecule has 5 nitrogen and oxygen atoms in total. The van der Waals surface area contributed by atoms with Crippen LogP contribution in [0.1, 0.15) is 32.0 Å². The van der Waals surface area contributed by atoms with E-state index in [1.807, 2.05) is 0 Å². The molecule has 1 aliphatic rings. The number of carboxylic acid groups (broad SMARTS) is 1. The van der Waals surface area contributed by atoms with Gasteiger partial charge < -0.3 is 15.0 Å². The summed E-state index contributed by atoms with van der Waals surface area (Å²) in [6.45, 7) is 0.955. The van der Waals surface area contributed by atoms with Crippen molar-refractivity contribution in [3.8, 4) is 0 Å². The maximum Gasteiger partial charge on any atom is 0.335 e. The molecule has 25 heavy (non-hydrogen) atoms. The van der Waals surface area contributed by atoms with Crippen molar-refractivity contribution >= 4 is 22.8 Å². The molecule has 1 aliphatic heterocycles. The molecule has 2 N–H and O–H groups in total. The zero-order valence-electron chi connectivity index (χ0n) is 13.3. The Labute approximate surface area is 142 Å². The first-order valence-corrected chi connectivity index (χ1v) is 7.94. The second kappa shape index (κ2) is 5.73. The molecule has 2 heterocycles. The summed E-state index contributed by atoms with van der Waals surface area (Å²) >= 11 is 0. The molecule has 0 atom stereocenters. The van der Waals surface area contributed by atoms with Crippen molar-refractivity contribution in [1.82, 2.24) is 9.88 Å².